The Balaban J connectivity index is 1.98. The van der Waals surface area contributed by atoms with E-state index in [9.17, 15) is 9.59 Å². The summed E-state index contributed by atoms with van der Waals surface area (Å²) < 4.78 is 1.28. The Morgan fingerprint density at radius 2 is 2.05 bits per heavy atom. The molecule has 1 aromatic heterocycles. The molecule has 0 amide bonds. The lowest BCUT2D eigenvalue weighted by Crippen LogP contribution is -2.13. The van der Waals surface area contributed by atoms with E-state index in [0.29, 0.717) is 23.1 Å². The number of nitrogens with zero attached hydrogens (tertiary/aromatic N) is 1. The Morgan fingerprint density at radius 1 is 1.24 bits per heavy atom. The van der Waals surface area contributed by atoms with Crippen LogP contribution in [0.2, 0.25) is 0 Å². The largest absolute Gasteiger partial charge is 0.449 e. The summed E-state index contributed by atoms with van der Waals surface area (Å²) in [5, 5.41) is 0.715. The highest BCUT2D eigenvalue weighted by Gasteiger charge is 2.14. The van der Waals surface area contributed by atoms with Crippen LogP contribution in [0, 0.1) is 0 Å². The van der Waals surface area contributed by atoms with Gasteiger partial charge in [-0.05, 0) is 12.5 Å². The molecule has 0 spiro atoms. The maximum Gasteiger partial charge on any atom is 0.449 e. The molecular formula is C16H19NO4. The Morgan fingerprint density at radius 3 is 2.81 bits per heavy atom. The number of aromatic nitrogens is 1. The molecule has 0 aliphatic rings. The van der Waals surface area contributed by atoms with Gasteiger partial charge in [-0.2, -0.15) is 4.89 Å². The first-order valence-corrected chi connectivity index (χ1v) is 7.17. The van der Waals surface area contributed by atoms with Crippen molar-refractivity contribution in [1.82, 2.24) is 4.57 Å². The van der Waals surface area contributed by atoms with Crippen molar-refractivity contribution in [2.45, 2.75) is 32.6 Å². The quantitative estimate of drug-likeness (QED) is 0.335. The summed E-state index contributed by atoms with van der Waals surface area (Å²) in [5.41, 5.74) is 1.07. The molecule has 0 fully saturated rings. The zero-order valence-corrected chi connectivity index (χ0v) is 12.1. The average Bonchev–Trinajstić information content (AvgIpc) is 2.89. The summed E-state index contributed by atoms with van der Waals surface area (Å²) in [7, 11) is 0. The van der Waals surface area contributed by atoms with Gasteiger partial charge in [0.25, 0.3) is 0 Å². The molecule has 2 aromatic rings. The highest BCUT2D eigenvalue weighted by atomic mass is 17.2. The lowest BCUT2D eigenvalue weighted by atomic mass is 10.2. The third kappa shape index (κ3) is 3.70. The van der Waals surface area contributed by atoms with Gasteiger partial charge in [0.05, 0.1) is 12.1 Å². The van der Waals surface area contributed by atoms with Crippen molar-refractivity contribution in [3.63, 3.8) is 0 Å². The van der Waals surface area contributed by atoms with Crippen LogP contribution in [0.1, 0.15) is 43.0 Å². The van der Waals surface area contributed by atoms with Gasteiger partial charge < -0.3 is 0 Å². The van der Waals surface area contributed by atoms with Crippen LogP contribution in [-0.4, -0.2) is 23.6 Å². The summed E-state index contributed by atoms with van der Waals surface area (Å²) in [6, 6.07) is 7.15. The van der Waals surface area contributed by atoms with Crippen LogP contribution in [-0.2, 0) is 9.78 Å². The van der Waals surface area contributed by atoms with E-state index in [1.54, 1.807) is 18.2 Å². The first kappa shape index (κ1) is 15.3. The molecule has 0 N–H and O–H groups in total. The molecule has 0 aliphatic carbocycles. The molecule has 1 aromatic carbocycles. The number of benzene rings is 1. The van der Waals surface area contributed by atoms with E-state index in [4.69, 9.17) is 9.78 Å². The first-order valence-electron chi connectivity index (χ1n) is 7.17. The predicted molar refractivity (Wildman–Crippen MR) is 79.3 cm³/mol. The molecule has 0 atom stereocenters. The zero-order valence-electron chi connectivity index (χ0n) is 12.1. The molecule has 0 radical (unpaired) electrons. The average molecular weight is 289 g/mol. The maximum atomic E-state index is 12.0. The van der Waals surface area contributed by atoms with Crippen LogP contribution in [0.25, 0.3) is 10.9 Å². The van der Waals surface area contributed by atoms with Crippen molar-refractivity contribution in [2.24, 2.45) is 0 Å². The summed E-state index contributed by atoms with van der Waals surface area (Å²) in [4.78, 5) is 32.7. The topological polar surface area (TPSA) is 57.5 Å². The Kier molecular flexibility index (Phi) is 5.51. The van der Waals surface area contributed by atoms with Crippen molar-refractivity contribution in [3.05, 3.63) is 36.0 Å². The highest BCUT2D eigenvalue weighted by Crippen LogP contribution is 2.20. The molecule has 5 heteroatoms. The van der Waals surface area contributed by atoms with Gasteiger partial charge in [-0.15, -0.1) is 0 Å². The summed E-state index contributed by atoms with van der Waals surface area (Å²) in [6.45, 7) is 2.51. The first-order chi connectivity index (χ1) is 10.3. The monoisotopic (exact) mass is 289 g/mol. The van der Waals surface area contributed by atoms with Crippen LogP contribution >= 0.6 is 0 Å². The SMILES string of the molecule is CCCCCCOOC(=O)n1cc(C=O)c2ccccc21. The second kappa shape index (κ2) is 7.59. The number of para-hydroxylation sites is 1. The fourth-order valence-corrected chi connectivity index (χ4v) is 2.17. The maximum absolute atomic E-state index is 12.0. The van der Waals surface area contributed by atoms with Gasteiger partial charge in [0.2, 0.25) is 0 Å². The molecule has 0 saturated carbocycles. The molecule has 1 heterocycles. The fourth-order valence-electron chi connectivity index (χ4n) is 2.17. The van der Waals surface area contributed by atoms with Gasteiger partial charge in [0.1, 0.15) is 0 Å². The smallest absolute Gasteiger partial charge is 0.298 e. The predicted octanol–water partition coefficient (Wildman–Crippen LogP) is 3.95. The lowest BCUT2D eigenvalue weighted by molar-refractivity contribution is -0.238. The van der Waals surface area contributed by atoms with Gasteiger partial charge >= 0.3 is 6.09 Å². The molecule has 5 nitrogen and oxygen atoms in total. The van der Waals surface area contributed by atoms with E-state index in [0.717, 1.165) is 32.0 Å². The van der Waals surface area contributed by atoms with Gasteiger partial charge in [-0.1, -0.05) is 44.4 Å². The Labute approximate surface area is 123 Å². The number of aldehydes is 1. The van der Waals surface area contributed by atoms with Crippen LogP contribution in [0.5, 0.6) is 0 Å². The van der Waals surface area contributed by atoms with Crippen LogP contribution < -0.4 is 0 Å². The molecule has 2 rings (SSSR count). The van der Waals surface area contributed by atoms with E-state index in [2.05, 4.69) is 6.92 Å². The van der Waals surface area contributed by atoms with Crippen LogP contribution in [0.3, 0.4) is 0 Å². The number of carbonyl (C=O) groups excluding carboxylic acids is 2. The number of rotatable bonds is 7. The zero-order chi connectivity index (χ0) is 15.1. The van der Waals surface area contributed by atoms with E-state index in [1.807, 2.05) is 6.07 Å². The van der Waals surface area contributed by atoms with Crippen molar-refractivity contribution >= 4 is 23.3 Å². The minimum absolute atomic E-state index is 0.380. The second-order valence-electron chi connectivity index (χ2n) is 4.82. The molecule has 0 aliphatic heterocycles. The third-order valence-electron chi connectivity index (χ3n) is 3.28. The van der Waals surface area contributed by atoms with E-state index < -0.39 is 6.09 Å². The summed E-state index contributed by atoms with van der Waals surface area (Å²) in [6.07, 6.45) is 5.72. The van der Waals surface area contributed by atoms with Crippen molar-refractivity contribution in [3.8, 4) is 0 Å². The molecule has 21 heavy (non-hydrogen) atoms. The lowest BCUT2D eigenvalue weighted by Gasteiger charge is -2.05. The molecule has 0 unspecified atom stereocenters. The highest BCUT2D eigenvalue weighted by molar-refractivity contribution is 6.01. The molecule has 0 saturated heterocycles. The fraction of sp³-hybridized carbons (Fsp3) is 0.375. The van der Waals surface area contributed by atoms with E-state index in [-0.39, 0.29) is 0 Å². The minimum atomic E-state index is -0.644. The van der Waals surface area contributed by atoms with E-state index in [1.165, 1.54) is 10.8 Å². The standard InChI is InChI=1S/C16H19NO4/c1-2-3-4-7-10-20-21-16(19)17-11-13(12-18)14-8-5-6-9-15(14)17/h5-6,8-9,11-12H,2-4,7,10H2,1H3. The Hall–Kier alpha value is -2.14. The second-order valence-corrected chi connectivity index (χ2v) is 4.82. The number of hydrogen-bond acceptors (Lipinski definition) is 4. The molecule has 112 valence electrons. The van der Waals surface area contributed by atoms with Crippen LogP contribution in [0.4, 0.5) is 4.79 Å². The van der Waals surface area contributed by atoms with Crippen LogP contribution in [0.15, 0.2) is 30.5 Å². The van der Waals surface area contributed by atoms with Gasteiger partial charge in [-0.25, -0.2) is 9.36 Å². The summed E-state index contributed by atoms with van der Waals surface area (Å²) in [5.74, 6) is 0. The number of carbonyl (C=O) groups is 2. The summed E-state index contributed by atoms with van der Waals surface area (Å²) >= 11 is 0. The van der Waals surface area contributed by atoms with Gasteiger partial charge in [0, 0.05) is 17.1 Å². The number of unbranched alkanes of at least 4 members (excludes halogenated alkanes) is 3. The molecule has 0 bridgehead atoms. The van der Waals surface area contributed by atoms with Crippen molar-refractivity contribution in [2.75, 3.05) is 6.61 Å². The van der Waals surface area contributed by atoms with Gasteiger partial charge in [-0.3, -0.25) is 9.68 Å². The Bertz CT molecular complexity index is 618. The van der Waals surface area contributed by atoms with Gasteiger partial charge in [0.15, 0.2) is 6.29 Å². The number of hydrogen-bond donors (Lipinski definition) is 0. The normalized spacial score (nSPS) is 10.7. The van der Waals surface area contributed by atoms with Crippen molar-refractivity contribution in [1.29, 1.82) is 0 Å². The number of fused-ring (bicyclic) bond motifs is 1. The third-order valence-corrected chi connectivity index (χ3v) is 3.28. The van der Waals surface area contributed by atoms with Crippen molar-refractivity contribution < 1.29 is 19.4 Å². The van der Waals surface area contributed by atoms with E-state index >= 15 is 0 Å². The molecular weight excluding hydrogens is 270 g/mol. The minimum Gasteiger partial charge on any atom is -0.298 e.